The average Bonchev–Trinajstić information content (AvgIpc) is 2.06. The Kier molecular flexibility index (Phi) is 3.57. The quantitative estimate of drug-likeness (QED) is 0.667. The van der Waals surface area contributed by atoms with Gasteiger partial charge in [0.2, 0.25) is 6.29 Å². The zero-order valence-electron chi connectivity index (χ0n) is 6.88. The fraction of sp³-hybridized carbons (Fsp3) is 0.889. The van der Waals surface area contributed by atoms with Crippen LogP contribution in [0.3, 0.4) is 0 Å². The Labute approximate surface area is 68.2 Å². The van der Waals surface area contributed by atoms with E-state index in [2.05, 4.69) is 0 Å². The molecule has 0 aromatic heterocycles. The largest absolute Gasteiger partial charge is 0.321 e. The number of carbonyl (C=O) groups excluding carboxylic acids is 1. The molecule has 0 unspecified atom stereocenters. The second-order valence-corrected chi connectivity index (χ2v) is 3.46. The molecular formula is C9H16NO. The molecule has 0 bridgehead atoms. The summed E-state index contributed by atoms with van der Waals surface area (Å²) in [6, 6.07) is -0.335. The number of hydrogen-bond donors (Lipinski definition) is 1. The number of hydrogen-bond acceptors (Lipinski definition) is 2. The molecule has 0 saturated heterocycles. The Balaban J connectivity index is 2.18. The summed E-state index contributed by atoms with van der Waals surface area (Å²) in [5.41, 5.74) is 5.48. The minimum absolute atomic E-state index is 0.335. The van der Waals surface area contributed by atoms with E-state index in [1.54, 1.807) is 0 Å². The van der Waals surface area contributed by atoms with Gasteiger partial charge in [-0.1, -0.05) is 32.1 Å². The van der Waals surface area contributed by atoms with Gasteiger partial charge in [-0.3, -0.25) is 4.79 Å². The van der Waals surface area contributed by atoms with E-state index in [4.69, 9.17) is 5.73 Å². The van der Waals surface area contributed by atoms with E-state index in [9.17, 15) is 4.79 Å². The lowest BCUT2D eigenvalue weighted by Crippen LogP contribution is -2.25. The summed E-state index contributed by atoms with van der Waals surface area (Å²) in [4.78, 5) is 10.1. The van der Waals surface area contributed by atoms with Crippen LogP contribution < -0.4 is 5.73 Å². The van der Waals surface area contributed by atoms with Crippen molar-refractivity contribution < 1.29 is 4.79 Å². The van der Waals surface area contributed by atoms with Gasteiger partial charge in [0.05, 0.1) is 6.04 Å². The minimum atomic E-state index is -0.335. The molecule has 0 aromatic carbocycles. The first-order valence-electron chi connectivity index (χ1n) is 4.46. The first-order chi connectivity index (χ1) is 5.33. The zero-order chi connectivity index (χ0) is 8.10. The van der Waals surface area contributed by atoms with Gasteiger partial charge in [-0.15, -0.1) is 0 Å². The van der Waals surface area contributed by atoms with E-state index in [1.807, 2.05) is 6.29 Å². The van der Waals surface area contributed by atoms with Crippen molar-refractivity contribution in [1.29, 1.82) is 0 Å². The van der Waals surface area contributed by atoms with Gasteiger partial charge in [0.25, 0.3) is 0 Å². The molecule has 63 valence electrons. The van der Waals surface area contributed by atoms with E-state index in [1.165, 1.54) is 32.1 Å². The molecule has 1 fully saturated rings. The molecule has 1 atom stereocenters. The SMILES string of the molecule is N[C@@H]([C]=O)CC1CCCCC1. The Morgan fingerprint density at radius 3 is 2.55 bits per heavy atom. The molecule has 2 heteroatoms. The van der Waals surface area contributed by atoms with Crippen molar-refractivity contribution in [2.45, 2.75) is 44.6 Å². The summed E-state index contributed by atoms with van der Waals surface area (Å²) < 4.78 is 0. The van der Waals surface area contributed by atoms with Gasteiger partial charge in [-0.2, -0.15) is 0 Å². The van der Waals surface area contributed by atoms with Crippen LogP contribution in [0.2, 0.25) is 0 Å². The van der Waals surface area contributed by atoms with Crippen LogP contribution in [0.25, 0.3) is 0 Å². The lowest BCUT2D eigenvalue weighted by Gasteiger charge is -2.21. The van der Waals surface area contributed by atoms with E-state index in [-0.39, 0.29) is 6.04 Å². The molecular weight excluding hydrogens is 138 g/mol. The van der Waals surface area contributed by atoms with Crippen molar-refractivity contribution in [2.24, 2.45) is 11.7 Å². The predicted molar refractivity (Wildman–Crippen MR) is 44.9 cm³/mol. The smallest absolute Gasteiger partial charge is 0.216 e. The van der Waals surface area contributed by atoms with E-state index < -0.39 is 0 Å². The van der Waals surface area contributed by atoms with Crippen LogP contribution >= 0.6 is 0 Å². The van der Waals surface area contributed by atoms with Gasteiger partial charge < -0.3 is 5.73 Å². The van der Waals surface area contributed by atoms with Gasteiger partial charge in [0, 0.05) is 0 Å². The fourth-order valence-corrected chi connectivity index (χ4v) is 1.83. The third-order valence-electron chi connectivity index (χ3n) is 2.46. The summed E-state index contributed by atoms with van der Waals surface area (Å²) >= 11 is 0. The average molecular weight is 154 g/mol. The fourth-order valence-electron chi connectivity index (χ4n) is 1.83. The lowest BCUT2D eigenvalue weighted by molar-refractivity contribution is 0.331. The molecule has 2 nitrogen and oxygen atoms in total. The van der Waals surface area contributed by atoms with Crippen molar-refractivity contribution in [3.05, 3.63) is 0 Å². The van der Waals surface area contributed by atoms with Crippen LogP contribution in [-0.2, 0) is 4.79 Å². The number of nitrogens with two attached hydrogens (primary N) is 1. The predicted octanol–water partition coefficient (Wildman–Crippen LogP) is 1.39. The highest BCUT2D eigenvalue weighted by molar-refractivity contribution is 5.57. The molecule has 1 aliphatic rings. The van der Waals surface area contributed by atoms with E-state index >= 15 is 0 Å². The third kappa shape index (κ3) is 3.02. The summed E-state index contributed by atoms with van der Waals surface area (Å²) in [7, 11) is 0. The molecule has 1 rings (SSSR count). The molecule has 0 aromatic rings. The Morgan fingerprint density at radius 2 is 2.00 bits per heavy atom. The molecule has 11 heavy (non-hydrogen) atoms. The monoisotopic (exact) mass is 154 g/mol. The summed E-state index contributed by atoms with van der Waals surface area (Å²) in [5.74, 6) is 0.695. The first kappa shape index (κ1) is 8.72. The summed E-state index contributed by atoms with van der Waals surface area (Å²) in [5, 5.41) is 0. The molecule has 1 aliphatic carbocycles. The van der Waals surface area contributed by atoms with Crippen LogP contribution in [-0.4, -0.2) is 12.3 Å². The van der Waals surface area contributed by atoms with Gasteiger partial charge in [0.15, 0.2) is 0 Å². The van der Waals surface area contributed by atoms with Gasteiger partial charge in [0.1, 0.15) is 0 Å². The van der Waals surface area contributed by atoms with Crippen LogP contribution in [0.5, 0.6) is 0 Å². The van der Waals surface area contributed by atoms with E-state index in [0.717, 1.165) is 6.42 Å². The number of rotatable bonds is 3. The Bertz CT molecular complexity index is 119. The van der Waals surface area contributed by atoms with Crippen molar-refractivity contribution >= 4 is 6.29 Å². The maximum atomic E-state index is 10.1. The van der Waals surface area contributed by atoms with Crippen LogP contribution in [0, 0.1) is 5.92 Å². The highest BCUT2D eigenvalue weighted by Gasteiger charge is 2.16. The minimum Gasteiger partial charge on any atom is -0.321 e. The van der Waals surface area contributed by atoms with Crippen molar-refractivity contribution in [3.63, 3.8) is 0 Å². The van der Waals surface area contributed by atoms with Crippen molar-refractivity contribution in [2.75, 3.05) is 0 Å². The molecule has 0 spiro atoms. The topological polar surface area (TPSA) is 43.1 Å². The Hall–Kier alpha value is -0.370. The molecule has 2 N–H and O–H groups in total. The normalized spacial score (nSPS) is 23.0. The summed E-state index contributed by atoms with van der Waals surface area (Å²) in [6.07, 6.45) is 9.20. The molecule has 1 radical (unpaired) electrons. The first-order valence-corrected chi connectivity index (χ1v) is 4.46. The zero-order valence-corrected chi connectivity index (χ0v) is 6.88. The lowest BCUT2D eigenvalue weighted by atomic mass is 9.85. The second-order valence-electron chi connectivity index (χ2n) is 3.46. The van der Waals surface area contributed by atoms with Crippen molar-refractivity contribution in [1.82, 2.24) is 0 Å². The van der Waals surface area contributed by atoms with Crippen LogP contribution in [0.4, 0.5) is 0 Å². The third-order valence-corrected chi connectivity index (χ3v) is 2.46. The van der Waals surface area contributed by atoms with E-state index in [0.29, 0.717) is 5.92 Å². The highest BCUT2D eigenvalue weighted by Crippen LogP contribution is 2.26. The Morgan fingerprint density at radius 1 is 1.36 bits per heavy atom. The maximum Gasteiger partial charge on any atom is 0.216 e. The highest BCUT2D eigenvalue weighted by atomic mass is 16.1. The van der Waals surface area contributed by atoms with Crippen LogP contribution in [0.1, 0.15) is 38.5 Å². The van der Waals surface area contributed by atoms with Gasteiger partial charge in [-0.05, 0) is 12.3 Å². The standard InChI is InChI=1S/C9H16NO/c10-9(7-11)6-8-4-2-1-3-5-8/h8-9H,1-6,10H2/t9-/m1/s1. The van der Waals surface area contributed by atoms with Crippen LogP contribution in [0.15, 0.2) is 0 Å². The van der Waals surface area contributed by atoms with Gasteiger partial charge >= 0.3 is 0 Å². The molecule has 0 aliphatic heterocycles. The van der Waals surface area contributed by atoms with Crippen molar-refractivity contribution in [3.8, 4) is 0 Å². The van der Waals surface area contributed by atoms with Gasteiger partial charge in [-0.25, -0.2) is 0 Å². The molecule has 1 saturated carbocycles. The maximum absolute atomic E-state index is 10.1. The second kappa shape index (κ2) is 4.50. The summed E-state index contributed by atoms with van der Waals surface area (Å²) in [6.45, 7) is 0. The molecule has 0 heterocycles. The molecule has 0 amide bonds.